The molecule has 1 saturated heterocycles. The fourth-order valence-electron chi connectivity index (χ4n) is 2.92. The quantitative estimate of drug-likeness (QED) is 0.718. The molecule has 0 radical (unpaired) electrons. The summed E-state index contributed by atoms with van der Waals surface area (Å²) in [6.07, 6.45) is 0.509. The molecule has 1 aliphatic rings. The minimum absolute atomic E-state index is 0.0339. The average Bonchev–Trinajstić information content (AvgIpc) is 3.20. The zero-order valence-corrected chi connectivity index (χ0v) is 16.5. The molecule has 1 aliphatic heterocycles. The molecule has 1 unspecified atom stereocenters. The molecular formula is C20H23FN2O4S. The number of ketones is 1. The van der Waals surface area contributed by atoms with Crippen LogP contribution >= 0.6 is 11.3 Å². The van der Waals surface area contributed by atoms with Crippen molar-refractivity contribution < 1.29 is 23.5 Å². The predicted molar refractivity (Wildman–Crippen MR) is 105 cm³/mol. The highest BCUT2D eigenvalue weighted by atomic mass is 32.1. The van der Waals surface area contributed by atoms with Crippen molar-refractivity contribution >= 4 is 23.2 Å². The largest absolute Gasteiger partial charge is 0.491 e. The second kappa shape index (κ2) is 9.66. The van der Waals surface area contributed by atoms with Crippen LogP contribution in [0.3, 0.4) is 0 Å². The fraction of sp³-hybridized carbons (Fsp3) is 0.400. The smallest absolute Gasteiger partial charge is 0.317 e. The molecule has 0 bridgehead atoms. The number of thiophene rings is 1. The Morgan fingerprint density at radius 1 is 1.39 bits per heavy atom. The molecular weight excluding hydrogens is 383 g/mol. The first-order valence-corrected chi connectivity index (χ1v) is 10.0. The van der Waals surface area contributed by atoms with E-state index >= 15 is 0 Å². The molecule has 1 aromatic carbocycles. The maximum Gasteiger partial charge on any atom is 0.317 e. The SMILES string of the molecule is CC(=O)c1ccc(OCC2CN(C(=O)NCCc3cccs3)CCO2)cc1F. The molecule has 3 rings (SSSR count). The summed E-state index contributed by atoms with van der Waals surface area (Å²) < 4.78 is 25.1. The number of morpholine rings is 1. The van der Waals surface area contributed by atoms with Gasteiger partial charge in [0.1, 0.15) is 24.3 Å². The van der Waals surface area contributed by atoms with E-state index in [0.717, 1.165) is 6.42 Å². The van der Waals surface area contributed by atoms with Crippen LogP contribution in [0.4, 0.5) is 9.18 Å². The van der Waals surface area contributed by atoms with Crippen LogP contribution in [0.5, 0.6) is 5.75 Å². The normalized spacial score (nSPS) is 16.6. The van der Waals surface area contributed by atoms with Crippen LogP contribution in [0.25, 0.3) is 0 Å². The third kappa shape index (κ3) is 5.53. The van der Waals surface area contributed by atoms with E-state index in [4.69, 9.17) is 9.47 Å². The molecule has 1 aromatic heterocycles. The number of halogens is 1. The van der Waals surface area contributed by atoms with E-state index < -0.39 is 5.82 Å². The molecule has 2 aromatic rings. The van der Waals surface area contributed by atoms with E-state index in [9.17, 15) is 14.0 Å². The number of benzene rings is 1. The van der Waals surface area contributed by atoms with Crippen molar-refractivity contribution in [2.24, 2.45) is 0 Å². The standard InChI is InChI=1S/C20H23FN2O4S/c1-14(24)18-5-4-15(11-19(18)21)27-13-16-12-23(8-9-26-16)20(25)22-7-6-17-3-2-10-28-17/h2-5,10-11,16H,6-9,12-13H2,1H3,(H,22,25). The molecule has 1 atom stereocenters. The lowest BCUT2D eigenvalue weighted by Gasteiger charge is -2.32. The number of hydrogen-bond acceptors (Lipinski definition) is 5. The summed E-state index contributed by atoms with van der Waals surface area (Å²) in [6, 6.07) is 8.06. The number of urea groups is 1. The van der Waals surface area contributed by atoms with Gasteiger partial charge in [-0.15, -0.1) is 11.3 Å². The lowest BCUT2D eigenvalue weighted by molar-refractivity contribution is -0.0352. The van der Waals surface area contributed by atoms with Crippen LogP contribution in [-0.2, 0) is 11.2 Å². The maximum absolute atomic E-state index is 13.9. The van der Waals surface area contributed by atoms with Gasteiger partial charge >= 0.3 is 6.03 Å². The van der Waals surface area contributed by atoms with Crippen LogP contribution in [-0.4, -0.2) is 55.7 Å². The van der Waals surface area contributed by atoms with E-state index in [-0.39, 0.29) is 30.1 Å². The lowest BCUT2D eigenvalue weighted by atomic mass is 10.1. The van der Waals surface area contributed by atoms with Crippen LogP contribution in [0.15, 0.2) is 35.7 Å². The minimum atomic E-state index is -0.610. The summed E-state index contributed by atoms with van der Waals surface area (Å²) in [6.45, 7) is 3.43. The molecule has 1 fully saturated rings. The monoisotopic (exact) mass is 406 g/mol. The van der Waals surface area contributed by atoms with Gasteiger partial charge < -0.3 is 19.7 Å². The number of amides is 2. The number of Topliss-reactive ketones (excluding diaryl/α,β-unsaturated/α-hetero) is 1. The van der Waals surface area contributed by atoms with Gasteiger partial charge in [0, 0.05) is 24.0 Å². The van der Waals surface area contributed by atoms with E-state index in [1.807, 2.05) is 17.5 Å². The fourth-order valence-corrected chi connectivity index (χ4v) is 3.63. The predicted octanol–water partition coefficient (Wildman–Crippen LogP) is 3.12. The Balaban J connectivity index is 1.44. The lowest BCUT2D eigenvalue weighted by Crippen LogP contribution is -2.51. The summed E-state index contributed by atoms with van der Waals surface area (Å²) in [5, 5.41) is 4.94. The van der Waals surface area contributed by atoms with E-state index in [2.05, 4.69) is 5.32 Å². The van der Waals surface area contributed by atoms with Gasteiger partial charge in [0.15, 0.2) is 5.78 Å². The molecule has 150 valence electrons. The minimum Gasteiger partial charge on any atom is -0.491 e. The van der Waals surface area contributed by atoms with E-state index in [1.165, 1.54) is 23.9 Å². The van der Waals surface area contributed by atoms with Gasteiger partial charge in [0.2, 0.25) is 0 Å². The van der Waals surface area contributed by atoms with Crippen molar-refractivity contribution in [1.82, 2.24) is 10.2 Å². The Morgan fingerprint density at radius 2 is 2.25 bits per heavy atom. The van der Waals surface area contributed by atoms with E-state index in [0.29, 0.717) is 32.0 Å². The van der Waals surface area contributed by atoms with Crippen LogP contribution < -0.4 is 10.1 Å². The molecule has 6 nitrogen and oxygen atoms in total. The summed E-state index contributed by atoms with van der Waals surface area (Å²) in [7, 11) is 0. The van der Waals surface area contributed by atoms with Crippen molar-refractivity contribution in [3.8, 4) is 5.75 Å². The molecule has 28 heavy (non-hydrogen) atoms. The number of rotatable bonds is 7. The van der Waals surface area contributed by atoms with Crippen molar-refractivity contribution in [3.63, 3.8) is 0 Å². The van der Waals surface area contributed by atoms with Crippen molar-refractivity contribution in [2.45, 2.75) is 19.4 Å². The zero-order valence-electron chi connectivity index (χ0n) is 15.7. The molecule has 0 spiro atoms. The van der Waals surface area contributed by atoms with Crippen LogP contribution in [0.2, 0.25) is 0 Å². The van der Waals surface area contributed by atoms with Crippen LogP contribution in [0.1, 0.15) is 22.2 Å². The van der Waals surface area contributed by atoms with Crippen LogP contribution in [0, 0.1) is 5.82 Å². The Hall–Kier alpha value is -2.45. The number of nitrogens with one attached hydrogen (secondary N) is 1. The first-order valence-electron chi connectivity index (χ1n) is 9.13. The van der Waals surface area contributed by atoms with Crippen molar-refractivity contribution in [3.05, 3.63) is 52.0 Å². The third-order valence-electron chi connectivity index (χ3n) is 4.41. The average molecular weight is 406 g/mol. The summed E-state index contributed by atoms with van der Waals surface area (Å²) in [5.74, 6) is -0.620. The third-order valence-corrected chi connectivity index (χ3v) is 5.35. The van der Waals surface area contributed by atoms with Gasteiger partial charge in [-0.1, -0.05) is 6.07 Å². The van der Waals surface area contributed by atoms with Gasteiger partial charge in [-0.25, -0.2) is 9.18 Å². The summed E-state index contributed by atoms with van der Waals surface area (Å²) in [5.41, 5.74) is 0.0339. The number of nitrogens with zero attached hydrogens (tertiary/aromatic N) is 1. The number of hydrogen-bond donors (Lipinski definition) is 1. The number of carbonyl (C=O) groups is 2. The first kappa shape index (κ1) is 20.3. The number of carbonyl (C=O) groups excluding carboxylic acids is 2. The first-order chi connectivity index (χ1) is 13.5. The molecule has 2 amide bonds. The molecule has 0 aliphatic carbocycles. The zero-order chi connectivity index (χ0) is 19.9. The van der Waals surface area contributed by atoms with Gasteiger partial charge in [-0.05, 0) is 36.9 Å². The Morgan fingerprint density at radius 3 is 2.96 bits per heavy atom. The molecule has 8 heteroatoms. The van der Waals surface area contributed by atoms with Gasteiger partial charge in [0.25, 0.3) is 0 Å². The second-order valence-corrected chi connectivity index (χ2v) is 7.54. The van der Waals surface area contributed by atoms with Gasteiger partial charge in [-0.2, -0.15) is 0 Å². The Labute approximate surface area is 167 Å². The Bertz CT molecular complexity index is 813. The number of ether oxygens (including phenoxy) is 2. The molecule has 0 saturated carbocycles. The molecule has 2 heterocycles. The topological polar surface area (TPSA) is 67.9 Å². The van der Waals surface area contributed by atoms with Gasteiger partial charge in [0.05, 0.1) is 18.7 Å². The second-order valence-electron chi connectivity index (χ2n) is 6.51. The van der Waals surface area contributed by atoms with Crippen molar-refractivity contribution in [2.75, 3.05) is 32.8 Å². The Kier molecular flexibility index (Phi) is 7.00. The highest BCUT2D eigenvalue weighted by Gasteiger charge is 2.24. The highest BCUT2D eigenvalue weighted by Crippen LogP contribution is 2.18. The van der Waals surface area contributed by atoms with Gasteiger partial charge in [-0.3, -0.25) is 4.79 Å². The summed E-state index contributed by atoms with van der Waals surface area (Å²) >= 11 is 1.67. The highest BCUT2D eigenvalue weighted by molar-refractivity contribution is 7.09. The summed E-state index contributed by atoms with van der Waals surface area (Å²) in [4.78, 5) is 26.5. The molecule has 1 N–H and O–H groups in total. The maximum atomic E-state index is 13.9. The van der Waals surface area contributed by atoms with E-state index in [1.54, 1.807) is 22.3 Å². The van der Waals surface area contributed by atoms with Crippen molar-refractivity contribution in [1.29, 1.82) is 0 Å².